The smallest absolute Gasteiger partial charge is 0.308 e. The standard InChI is InChI=1S/C53H99NO13Si2/c1-21-22-26-29-59-49-37(5)61-43(33-53(49,12)58-16)64-46-36(4)62-50(45(56)44(46)54(13)14)65-47-38-30-34(2)39(66-68(17,18)51(6,7)8)28-25-23-24-27-35(3)60-41(55)32-40(48(47)57-15)63-42(31-38)67-69(19,20)52(9,10)11/h23-25,28,34-40,42-50,56H,21-22,26-27,29-33H2,1-20H3/b24-23+,28-25+/t34-,35-,36+,37-,38-,39+,40-,42?,43-,44+,45+,46+,47+,48+,49-,50-,53+/m1/s1. The number of nitrogens with zero attached hydrogens (tertiary/aromatic N) is 1. The summed E-state index contributed by atoms with van der Waals surface area (Å²) in [7, 11) is 2.51. The summed E-state index contributed by atoms with van der Waals surface area (Å²) in [4.78, 5) is 15.9. The maximum atomic E-state index is 13.9. The number of hydrogen-bond donors (Lipinski definition) is 1. The van der Waals surface area contributed by atoms with Crippen molar-refractivity contribution in [2.24, 2.45) is 11.8 Å². The quantitative estimate of drug-likeness (QED) is 0.0891. The molecule has 3 saturated heterocycles. The van der Waals surface area contributed by atoms with Crippen LogP contribution in [-0.2, 0) is 56.3 Å². The van der Waals surface area contributed by atoms with Crippen LogP contribution in [0.5, 0.6) is 0 Å². The van der Waals surface area contributed by atoms with Crippen molar-refractivity contribution >= 4 is 22.6 Å². The van der Waals surface area contributed by atoms with Crippen molar-refractivity contribution in [2.45, 2.75) is 262 Å². The monoisotopic (exact) mass is 1010 g/mol. The van der Waals surface area contributed by atoms with Crippen molar-refractivity contribution in [3.05, 3.63) is 24.3 Å². The molecule has 0 amide bonds. The SMILES string of the molecule is CCCCCO[C@@H]1[C@@H](C)O[C@H](O[C@@H]2[C@@H](N(C)C)[C@H](O)[C@@H](O[C@H]3[C@H]4CC(O[Si](C)(C)C(C)(C)C)O[C@H](CC(=O)O[C@H](C)C/C=C/C=C/[C@H](O[Si](C)(C)C(C)(C)C)[C@H](C)C4)[C@@H]3OC)O[C@H]2C)C[C@]1(C)OC. The molecule has 1 unspecified atom stereocenters. The van der Waals surface area contributed by atoms with Crippen LogP contribution in [0.4, 0.5) is 0 Å². The third kappa shape index (κ3) is 16.0. The van der Waals surface area contributed by atoms with E-state index in [9.17, 15) is 9.90 Å². The number of allylic oxidation sites excluding steroid dienone is 2. The predicted molar refractivity (Wildman–Crippen MR) is 276 cm³/mol. The van der Waals surface area contributed by atoms with Crippen molar-refractivity contribution in [1.29, 1.82) is 0 Å². The molecule has 4 heterocycles. The molecule has 3 fully saturated rings. The zero-order chi connectivity index (χ0) is 51.9. The number of rotatable bonds is 16. The number of unbranched alkanes of at least 4 members (excludes halogenated alkanes) is 2. The summed E-state index contributed by atoms with van der Waals surface area (Å²) in [5, 5.41) is 12.4. The van der Waals surface area contributed by atoms with Gasteiger partial charge in [0.25, 0.3) is 0 Å². The Hall–Kier alpha value is -1.10. The van der Waals surface area contributed by atoms with E-state index < -0.39 is 89.7 Å². The summed E-state index contributed by atoms with van der Waals surface area (Å²) in [6.07, 6.45) is 5.13. The molecular formula is C53H99NO13Si2. The molecule has 4 rings (SSSR count). The van der Waals surface area contributed by atoms with E-state index in [1.54, 1.807) is 14.2 Å². The van der Waals surface area contributed by atoms with Crippen LogP contribution in [0.25, 0.3) is 0 Å². The van der Waals surface area contributed by atoms with Gasteiger partial charge in [-0.15, -0.1) is 0 Å². The van der Waals surface area contributed by atoms with Gasteiger partial charge >= 0.3 is 5.97 Å². The van der Waals surface area contributed by atoms with Crippen LogP contribution >= 0.6 is 0 Å². The Morgan fingerprint density at radius 3 is 2.07 bits per heavy atom. The maximum Gasteiger partial charge on any atom is 0.308 e. The lowest BCUT2D eigenvalue weighted by Crippen LogP contribution is -2.66. The Balaban J connectivity index is 1.77. The second-order valence-corrected chi connectivity index (χ2v) is 33.6. The fraction of sp³-hybridized carbons (Fsp3) is 0.906. The first kappa shape index (κ1) is 60.5. The number of aliphatic hydroxyl groups is 1. The van der Waals surface area contributed by atoms with E-state index >= 15 is 0 Å². The van der Waals surface area contributed by atoms with E-state index in [1.807, 2.05) is 51.9 Å². The highest BCUT2D eigenvalue weighted by Crippen LogP contribution is 2.45. The fourth-order valence-corrected chi connectivity index (χ4v) is 12.3. The van der Waals surface area contributed by atoms with Crippen molar-refractivity contribution in [2.75, 3.05) is 34.9 Å². The summed E-state index contributed by atoms with van der Waals surface area (Å²) in [5.41, 5.74) is -0.667. The number of cyclic esters (lactones) is 1. The van der Waals surface area contributed by atoms with E-state index in [4.69, 9.17) is 51.5 Å². The minimum Gasteiger partial charge on any atom is -0.462 e. The maximum absolute atomic E-state index is 13.9. The molecule has 4 aliphatic heterocycles. The molecule has 402 valence electrons. The van der Waals surface area contributed by atoms with Crippen LogP contribution < -0.4 is 0 Å². The number of hydrogen-bond acceptors (Lipinski definition) is 14. The third-order valence-electron chi connectivity index (χ3n) is 16.1. The summed E-state index contributed by atoms with van der Waals surface area (Å²) in [6, 6.07) is -0.567. The lowest BCUT2D eigenvalue weighted by Gasteiger charge is -2.51. The summed E-state index contributed by atoms with van der Waals surface area (Å²) in [5.74, 6) is -0.668. The lowest BCUT2D eigenvalue weighted by molar-refractivity contribution is -0.346. The molecule has 16 heteroatoms. The van der Waals surface area contributed by atoms with Crippen LogP contribution in [0.1, 0.15) is 134 Å². The normalized spacial score (nSPS) is 39.2. The van der Waals surface area contributed by atoms with E-state index in [-0.39, 0.29) is 52.7 Å². The van der Waals surface area contributed by atoms with Crippen molar-refractivity contribution in [3.8, 4) is 0 Å². The Labute approximate surface area is 420 Å². The Kier molecular flexibility index (Phi) is 22.3. The summed E-state index contributed by atoms with van der Waals surface area (Å²) < 4.78 is 73.8. The molecule has 0 radical (unpaired) electrons. The van der Waals surface area contributed by atoms with Gasteiger partial charge in [0.1, 0.15) is 36.8 Å². The molecule has 0 spiro atoms. The molecule has 1 N–H and O–H groups in total. The predicted octanol–water partition coefficient (Wildman–Crippen LogP) is 9.93. The molecule has 0 aromatic heterocycles. The Bertz CT molecular complexity index is 1630. The van der Waals surface area contributed by atoms with Crippen LogP contribution in [-0.4, -0.2) is 159 Å². The highest BCUT2D eigenvalue weighted by molar-refractivity contribution is 6.74. The van der Waals surface area contributed by atoms with E-state index in [0.29, 0.717) is 32.3 Å². The van der Waals surface area contributed by atoms with Gasteiger partial charge in [0.15, 0.2) is 29.2 Å². The zero-order valence-electron chi connectivity index (χ0n) is 46.7. The van der Waals surface area contributed by atoms with Crippen LogP contribution in [0.2, 0.25) is 36.3 Å². The van der Waals surface area contributed by atoms with Gasteiger partial charge in [-0.25, -0.2) is 0 Å². The molecule has 0 saturated carbocycles. The van der Waals surface area contributed by atoms with E-state index in [0.717, 1.165) is 19.3 Å². The Morgan fingerprint density at radius 2 is 1.48 bits per heavy atom. The summed E-state index contributed by atoms with van der Waals surface area (Å²) in [6.45, 7) is 35.4. The molecule has 14 nitrogen and oxygen atoms in total. The summed E-state index contributed by atoms with van der Waals surface area (Å²) >= 11 is 0. The van der Waals surface area contributed by atoms with E-state index in [2.05, 4.69) is 101 Å². The lowest BCUT2D eigenvalue weighted by atomic mass is 9.83. The number of esters is 1. The van der Waals surface area contributed by atoms with Gasteiger partial charge in [0.2, 0.25) is 0 Å². The van der Waals surface area contributed by atoms with Crippen molar-refractivity contribution < 1.29 is 61.4 Å². The first-order chi connectivity index (χ1) is 32.0. The number of likely N-dealkylation sites (N-methyl/N-ethyl adjacent to an activating group) is 1. The minimum absolute atomic E-state index is 0.000295. The molecular weight excluding hydrogens is 915 g/mol. The molecule has 0 aliphatic carbocycles. The largest absolute Gasteiger partial charge is 0.462 e. The second kappa shape index (κ2) is 25.4. The third-order valence-corrected chi connectivity index (χ3v) is 25.1. The molecule has 0 aromatic rings. The molecule has 4 aliphatic rings. The number of ether oxygens (including phenoxy) is 9. The van der Waals surface area contributed by atoms with Crippen molar-refractivity contribution in [1.82, 2.24) is 4.90 Å². The highest BCUT2D eigenvalue weighted by Gasteiger charge is 2.54. The van der Waals surface area contributed by atoms with Gasteiger partial charge in [-0.1, -0.05) is 92.5 Å². The van der Waals surface area contributed by atoms with Crippen molar-refractivity contribution in [3.63, 3.8) is 0 Å². The number of carbonyl (C=O) groups is 1. The van der Waals surface area contributed by atoms with Gasteiger partial charge in [-0.05, 0) is 103 Å². The topological polar surface area (TPSA) is 142 Å². The number of fused-ring (bicyclic) bond motifs is 3. The number of carbonyl (C=O) groups excluding carboxylic acids is 1. The van der Waals surface area contributed by atoms with Gasteiger partial charge in [0.05, 0.1) is 48.6 Å². The van der Waals surface area contributed by atoms with E-state index in [1.165, 1.54) is 0 Å². The van der Waals surface area contributed by atoms with Gasteiger partial charge < -0.3 is 61.5 Å². The molecule has 0 aromatic carbocycles. The first-order valence-corrected chi connectivity index (χ1v) is 32.0. The second-order valence-electron chi connectivity index (χ2n) is 24.1. The fourth-order valence-electron chi connectivity index (χ4n) is 9.81. The molecule has 69 heavy (non-hydrogen) atoms. The highest BCUT2D eigenvalue weighted by atomic mass is 28.4. The van der Waals surface area contributed by atoms with Gasteiger partial charge in [-0.2, -0.15) is 0 Å². The number of methoxy groups -OCH3 is 2. The van der Waals surface area contributed by atoms with Gasteiger partial charge in [-0.3, -0.25) is 4.79 Å². The first-order valence-electron chi connectivity index (χ1n) is 26.2. The van der Waals surface area contributed by atoms with Crippen LogP contribution in [0.15, 0.2) is 24.3 Å². The molecule has 17 atom stereocenters. The average molecular weight is 1010 g/mol. The average Bonchev–Trinajstić information content (AvgIpc) is 3.34. The molecule has 2 bridgehead atoms. The minimum atomic E-state index is -2.43. The Morgan fingerprint density at radius 1 is 0.826 bits per heavy atom. The number of aliphatic hydroxyl groups excluding tert-OH is 1. The van der Waals surface area contributed by atoms with Crippen LogP contribution in [0, 0.1) is 11.8 Å². The van der Waals surface area contributed by atoms with Crippen LogP contribution in [0.3, 0.4) is 0 Å². The van der Waals surface area contributed by atoms with Gasteiger partial charge in [0, 0.05) is 40.1 Å². The zero-order valence-corrected chi connectivity index (χ0v) is 48.7.